The van der Waals surface area contributed by atoms with Crippen LogP contribution in [0.5, 0.6) is 0 Å². The van der Waals surface area contributed by atoms with Gasteiger partial charge in [0, 0.05) is 0 Å². The summed E-state index contributed by atoms with van der Waals surface area (Å²) < 4.78 is 0. The Morgan fingerprint density at radius 1 is 1.46 bits per heavy atom. The van der Waals surface area contributed by atoms with Crippen molar-refractivity contribution in [2.45, 2.75) is 47.0 Å². The molecule has 1 rings (SSSR count). The Hall–Kier alpha value is -0.520. The highest BCUT2D eigenvalue weighted by Crippen LogP contribution is 2.38. The fourth-order valence-electron chi connectivity index (χ4n) is 2.01. The molecule has 0 heteroatoms. The molecule has 0 aromatic rings. The standard InChI is InChI=1S/C13H22/c1-10(2)11-6-8-12(9-7-11)13(3,4)5/h6,12H,1,7-9H2,2-5H3. The molecule has 0 saturated heterocycles. The summed E-state index contributed by atoms with van der Waals surface area (Å²) >= 11 is 0. The molecule has 0 N–H and O–H groups in total. The van der Waals surface area contributed by atoms with Gasteiger partial charge in [-0.15, -0.1) is 0 Å². The summed E-state index contributed by atoms with van der Waals surface area (Å²) in [5.74, 6) is 0.857. The molecule has 74 valence electrons. The minimum Gasteiger partial charge on any atom is -0.0958 e. The molecule has 0 spiro atoms. The summed E-state index contributed by atoms with van der Waals surface area (Å²) in [6, 6.07) is 0. The van der Waals surface area contributed by atoms with E-state index in [0.29, 0.717) is 5.41 Å². The molecule has 0 fully saturated rings. The Kier molecular flexibility index (Phi) is 3.00. The van der Waals surface area contributed by atoms with Crippen molar-refractivity contribution in [2.75, 3.05) is 0 Å². The van der Waals surface area contributed by atoms with E-state index in [9.17, 15) is 0 Å². The van der Waals surface area contributed by atoms with Crippen LogP contribution in [-0.2, 0) is 0 Å². The molecule has 0 heterocycles. The molecular formula is C13H22. The Bertz CT molecular complexity index is 225. The molecule has 0 bridgehead atoms. The number of hydrogen-bond acceptors (Lipinski definition) is 0. The lowest BCUT2D eigenvalue weighted by atomic mass is 9.72. The zero-order valence-electron chi connectivity index (χ0n) is 9.48. The second kappa shape index (κ2) is 3.69. The first-order valence-corrected chi connectivity index (χ1v) is 5.26. The van der Waals surface area contributed by atoms with E-state index >= 15 is 0 Å². The van der Waals surface area contributed by atoms with E-state index in [-0.39, 0.29) is 0 Å². The first kappa shape index (κ1) is 10.6. The number of hydrogen-bond donors (Lipinski definition) is 0. The van der Waals surface area contributed by atoms with Crippen molar-refractivity contribution >= 4 is 0 Å². The molecule has 1 atom stereocenters. The zero-order valence-corrected chi connectivity index (χ0v) is 9.48. The van der Waals surface area contributed by atoms with Gasteiger partial charge in [-0.25, -0.2) is 0 Å². The topological polar surface area (TPSA) is 0 Å². The molecule has 0 saturated carbocycles. The van der Waals surface area contributed by atoms with Crippen molar-refractivity contribution in [1.82, 2.24) is 0 Å². The average molecular weight is 178 g/mol. The highest BCUT2D eigenvalue weighted by molar-refractivity contribution is 5.27. The van der Waals surface area contributed by atoms with Crippen LogP contribution in [0.15, 0.2) is 23.8 Å². The van der Waals surface area contributed by atoms with Crippen molar-refractivity contribution in [2.24, 2.45) is 11.3 Å². The normalized spacial score (nSPS) is 24.0. The third kappa shape index (κ3) is 2.72. The van der Waals surface area contributed by atoms with E-state index in [2.05, 4.69) is 40.3 Å². The third-order valence-electron chi connectivity index (χ3n) is 3.18. The molecule has 1 unspecified atom stereocenters. The van der Waals surface area contributed by atoms with Gasteiger partial charge in [0.05, 0.1) is 0 Å². The van der Waals surface area contributed by atoms with Gasteiger partial charge in [-0.1, -0.05) is 39.0 Å². The van der Waals surface area contributed by atoms with E-state index < -0.39 is 0 Å². The maximum Gasteiger partial charge on any atom is -0.0277 e. The molecule has 0 aliphatic heterocycles. The van der Waals surface area contributed by atoms with E-state index in [4.69, 9.17) is 0 Å². The zero-order chi connectivity index (χ0) is 10.1. The predicted molar refractivity (Wildman–Crippen MR) is 59.7 cm³/mol. The highest BCUT2D eigenvalue weighted by Gasteiger charge is 2.25. The van der Waals surface area contributed by atoms with Crippen LogP contribution in [0, 0.1) is 11.3 Å². The Balaban J connectivity index is 2.61. The Morgan fingerprint density at radius 2 is 2.08 bits per heavy atom. The van der Waals surface area contributed by atoms with Crippen LogP contribution in [0.1, 0.15) is 47.0 Å². The minimum absolute atomic E-state index is 0.469. The van der Waals surface area contributed by atoms with Crippen LogP contribution in [0.3, 0.4) is 0 Å². The van der Waals surface area contributed by atoms with Crippen LogP contribution in [0.2, 0.25) is 0 Å². The summed E-state index contributed by atoms with van der Waals surface area (Å²) in [7, 11) is 0. The van der Waals surface area contributed by atoms with E-state index in [1.165, 1.54) is 30.4 Å². The van der Waals surface area contributed by atoms with Crippen LogP contribution >= 0.6 is 0 Å². The van der Waals surface area contributed by atoms with Crippen molar-refractivity contribution in [1.29, 1.82) is 0 Å². The average Bonchev–Trinajstić information content (AvgIpc) is 2.03. The lowest BCUT2D eigenvalue weighted by Gasteiger charge is -2.33. The van der Waals surface area contributed by atoms with Crippen molar-refractivity contribution in [3.63, 3.8) is 0 Å². The largest absolute Gasteiger partial charge is 0.0958 e. The molecule has 0 aromatic carbocycles. The van der Waals surface area contributed by atoms with Gasteiger partial charge in [0.1, 0.15) is 0 Å². The lowest BCUT2D eigenvalue weighted by molar-refractivity contribution is 0.221. The van der Waals surface area contributed by atoms with Gasteiger partial charge in [0.2, 0.25) is 0 Å². The van der Waals surface area contributed by atoms with Gasteiger partial charge in [-0.05, 0) is 43.1 Å². The minimum atomic E-state index is 0.469. The summed E-state index contributed by atoms with van der Waals surface area (Å²) in [4.78, 5) is 0. The molecule has 1 aliphatic rings. The monoisotopic (exact) mass is 178 g/mol. The van der Waals surface area contributed by atoms with Gasteiger partial charge < -0.3 is 0 Å². The second-order valence-corrected chi connectivity index (χ2v) is 5.35. The van der Waals surface area contributed by atoms with Crippen molar-refractivity contribution in [3.8, 4) is 0 Å². The molecule has 0 amide bonds. The number of allylic oxidation sites excluding steroid dienone is 3. The Morgan fingerprint density at radius 3 is 2.38 bits per heavy atom. The molecule has 13 heavy (non-hydrogen) atoms. The Labute approximate surface area is 82.7 Å². The van der Waals surface area contributed by atoms with Gasteiger partial charge in [-0.3, -0.25) is 0 Å². The number of rotatable bonds is 1. The van der Waals surface area contributed by atoms with Gasteiger partial charge >= 0.3 is 0 Å². The quantitative estimate of drug-likeness (QED) is 0.560. The molecule has 0 aromatic heterocycles. The molecule has 0 radical (unpaired) electrons. The molecular weight excluding hydrogens is 156 g/mol. The summed E-state index contributed by atoms with van der Waals surface area (Å²) in [5, 5.41) is 0. The van der Waals surface area contributed by atoms with Crippen molar-refractivity contribution in [3.05, 3.63) is 23.8 Å². The van der Waals surface area contributed by atoms with E-state index in [0.717, 1.165) is 5.92 Å². The van der Waals surface area contributed by atoms with Crippen molar-refractivity contribution < 1.29 is 0 Å². The van der Waals surface area contributed by atoms with Gasteiger partial charge in [0.15, 0.2) is 0 Å². The summed E-state index contributed by atoms with van der Waals surface area (Å²) in [6.07, 6.45) is 6.20. The van der Waals surface area contributed by atoms with Gasteiger partial charge in [0.25, 0.3) is 0 Å². The fourth-order valence-corrected chi connectivity index (χ4v) is 2.01. The SMILES string of the molecule is C=C(C)C1=CCC(C(C)(C)C)CC1. The van der Waals surface area contributed by atoms with Crippen LogP contribution < -0.4 is 0 Å². The molecule has 1 aliphatic carbocycles. The fraction of sp³-hybridized carbons (Fsp3) is 0.692. The lowest BCUT2D eigenvalue weighted by Crippen LogP contribution is -2.22. The van der Waals surface area contributed by atoms with Crippen LogP contribution in [0.25, 0.3) is 0 Å². The summed E-state index contributed by atoms with van der Waals surface area (Å²) in [5.41, 5.74) is 3.21. The third-order valence-corrected chi connectivity index (χ3v) is 3.18. The molecule has 0 nitrogen and oxygen atoms in total. The maximum absolute atomic E-state index is 4.00. The second-order valence-electron chi connectivity index (χ2n) is 5.35. The first-order valence-electron chi connectivity index (χ1n) is 5.26. The maximum atomic E-state index is 4.00. The van der Waals surface area contributed by atoms with Gasteiger partial charge in [-0.2, -0.15) is 0 Å². The summed E-state index contributed by atoms with van der Waals surface area (Å²) in [6.45, 7) is 13.1. The van der Waals surface area contributed by atoms with Crippen LogP contribution in [0.4, 0.5) is 0 Å². The predicted octanol–water partition coefficient (Wildman–Crippen LogP) is 4.34. The van der Waals surface area contributed by atoms with E-state index in [1.807, 2.05) is 0 Å². The first-order chi connectivity index (χ1) is 5.91. The smallest absolute Gasteiger partial charge is 0.0277 e. The van der Waals surface area contributed by atoms with E-state index in [1.54, 1.807) is 0 Å². The van der Waals surface area contributed by atoms with Crippen LogP contribution in [-0.4, -0.2) is 0 Å². The highest BCUT2D eigenvalue weighted by atomic mass is 14.3.